The zero-order chi connectivity index (χ0) is 12.8. The first kappa shape index (κ1) is 11.2. The number of nitrogens with zero attached hydrogens (tertiary/aromatic N) is 3. The van der Waals surface area contributed by atoms with Crippen molar-refractivity contribution in [1.82, 2.24) is 19.2 Å². The van der Waals surface area contributed by atoms with Crippen LogP contribution in [-0.4, -0.2) is 28.3 Å². The molecule has 0 saturated heterocycles. The van der Waals surface area contributed by atoms with Gasteiger partial charge in [0.2, 0.25) is 0 Å². The Kier molecular flexibility index (Phi) is 2.39. The molecule has 2 aromatic heterocycles. The third-order valence-electron chi connectivity index (χ3n) is 2.85. The zero-order valence-electron chi connectivity index (χ0n) is 9.69. The first-order valence-electron chi connectivity index (χ1n) is 5.50. The highest BCUT2D eigenvalue weighted by atomic mass is 32.2. The summed E-state index contributed by atoms with van der Waals surface area (Å²) >= 11 is 0. The van der Waals surface area contributed by atoms with E-state index in [-0.39, 0.29) is 11.1 Å². The second-order valence-electron chi connectivity index (χ2n) is 4.05. The van der Waals surface area contributed by atoms with Crippen LogP contribution in [0.3, 0.4) is 0 Å². The smallest absolute Gasteiger partial charge is 0.277 e. The van der Waals surface area contributed by atoms with E-state index in [1.807, 2.05) is 6.07 Å². The molecule has 0 amide bonds. The lowest BCUT2D eigenvalue weighted by molar-refractivity contribution is 0.351. The maximum absolute atomic E-state index is 12.5. The van der Waals surface area contributed by atoms with Crippen molar-refractivity contribution in [2.75, 3.05) is 0 Å². The molecule has 0 radical (unpaired) electrons. The Labute approximate surface area is 105 Å². The van der Waals surface area contributed by atoms with E-state index in [0.717, 1.165) is 0 Å². The predicted molar refractivity (Wildman–Crippen MR) is 66.0 cm³/mol. The van der Waals surface area contributed by atoms with Gasteiger partial charge < -0.3 is 5.43 Å². The molecule has 2 aromatic rings. The Hall–Kier alpha value is -1.86. The Morgan fingerprint density at radius 3 is 2.94 bits per heavy atom. The molecule has 1 aliphatic rings. The molecular weight excluding hydrogens is 252 g/mol. The van der Waals surface area contributed by atoms with E-state index in [2.05, 4.69) is 10.4 Å². The fourth-order valence-corrected chi connectivity index (χ4v) is 3.44. The molecule has 0 aromatic carbocycles. The monoisotopic (exact) mass is 264 g/mol. The molecule has 1 N–H and O–H groups in total. The second kappa shape index (κ2) is 3.82. The van der Waals surface area contributed by atoms with Crippen molar-refractivity contribution in [2.24, 2.45) is 0 Å². The molecule has 1 aliphatic heterocycles. The normalized spacial score (nSPS) is 20.4. The average molecular weight is 264 g/mol. The SMILES string of the molecule is CC1C=CNN1S(=O)(=O)c1cnc2ccccn12. The van der Waals surface area contributed by atoms with Crippen LogP contribution in [0.4, 0.5) is 0 Å². The summed E-state index contributed by atoms with van der Waals surface area (Å²) < 4.78 is 27.7. The number of sulfonamides is 1. The van der Waals surface area contributed by atoms with Crippen molar-refractivity contribution in [1.29, 1.82) is 0 Å². The summed E-state index contributed by atoms with van der Waals surface area (Å²) in [4.78, 5) is 4.09. The molecule has 6 nitrogen and oxygen atoms in total. The molecule has 94 valence electrons. The van der Waals surface area contributed by atoms with E-state index in [0.29, 0.717) is 5.65 Å². The maximum atomic E-state index is 12.5. The van der Waals surface area contributed by atoms with Crippen molar-refractivity contribution in [3.05, 3.63) is 42.9 Å². The molecule has 3 rings (SSSR count). The van der Waals surface area contributed by atoms with Gasteiger partial charge >= 0.3 is 0 Å². The van der Waals surface area contributed by atoms with Gasteiger partial charge in [0, 0.05) is 12.4 Å². The van der Waals surface area contributed by atoms with Gasteiger partial charge in [0.15, 0.2) is 5.03 Å². The van der Waals surface area contributed by atoms with Crippen LogP contribution in [0.1, 0.15) is 6.92 Å². The molecule has 0 spiro atoms. The van der Waals surface area contributed by atoms with Gasteiger partial charge in [-0.2, -0.15) is 0 Å². The van der Waals surface area contributed by atoms with E-state index >= 15 is 0 Å². The van der Waals surface area contributed by atoms with Crippen LogP contribution in [0.5, 0.6) is 0 Å². The minimum atomic E-state index is -3.61. The second-order valence-corrected chi connectivity index (χ2v) is 5.82. The average Bonchev–Trinajstić information content (AvgIpc) is 2.95. The third-order valence-corrected chi connectivity index (χ3v) is 4.64. The summed E-state index contributed by atoms with van der Waals surface area (Å²) in [6, 6.07) is 5.13. The Balaban J connectivity index is 2.14. The van der Waals surface area contributed by atoms with Crippen molar-refractivity contribution >= 4 is 15.7 Å². The van der Waals surface area contributed by atoms with Crippen molar-refractivity contribution in [3.8, 4) is 0 Å². The number of hydrogen-bond donors (Lipinski definition) is 1. The predicted octanol–water partition coefficient (Wildman–Crippen LogP) is 0.745. The van der Waals surface area contributed by atoms with Gasteiger partial charge in [0.05, 0.1) is 12.2 Å². The first-order valence-corrected chi connectivity index (χ1v) is 6.94. The number of imidazole rings is 1. The van der Waals surface area contributed by atoms with E-state index in [1.54, 1.807) is 41.9 Å². The van der Waals surface area contributed by atoms with Gasteiger partial charge in [-0.05, 0) is 25.1 Å². The van der Waals surface area contributed by atoms with Gasteiger partial charge in [0.25, 0.3) is 10.0 Å². The standard InChI is InChI=1S/C11H12N4O2S/c1-9-5-6-13-15(9)18(16,17)11-8-12-10-4-2-3-7-14(10)11/h2-9,13H,1H3. The van der Waals surface area contributed by atoms with Crippen molar-refractivity contribution in [2.45, 2.75) is 18.0 Å². The van der Waals surface area contributed by atoms with E-state index in [4.69, 9.17) is 0 Å². The number of pyridine rings is 1. The maximum Gasteiger partial charge on any atom is 0.277 e. The van der Waals surface area contributed by atoms with Crippen LogP contribution in [0.25, 0.3) is 5.65 Å². The summed E-state index contributed by atoms with van der Waals surface area (Å²) in [5.41, 5.74) is 3.33. The summed E-state index contributed by atoms with van der Waals surface area (Å²) in [7, 11) is -3.61. The van der Waals surface area contributed by atoms with Gasteiger partial charge in [-0.25, -0.2) is 13.4 Å². The summed E-state index contributed by atoms with van der Waals surface area (Å²) in [6.07, 6.45) is 6.45. The molecule has 3 heterocycles. The lowest BCUT2D eigenvalue weighted by Gasteiger charge is -2.20. The number of hydrazine groups is 1. The molecule has 0 bridgehead atoms. The Morgan fingerprint density at radius 1 is 1.39 bits per heavy atom. The number of aromatic nitrogens is 2. The van der Waals surface area contributed by atoms with Crippen LogP contribution in [0.2, 0.25) is 0 Å². The lowest BCUT2D eigenvalue weighted by atomic mass is 10.4. The minimum absolute atomic E-state index is 0.154. The number of fused-ring (bicyclic) bond motifs is 1. The van der Waals surface area contributed by atoms with Gasteiger partial charge in [0.1, 0.15) is 5.65 Å². The molecular formula is C11H12N4O2S. The van der Waals surface area contributed by atoms with Gasteiger partial charge in [-0.3, -0.25) is 4.40 Å². The van der Waals surface area contributed by atoms with Crippen molar-refractivity contribution in [3.63, 3.8) is 0 Å². The first-order chi connectivity index (χ1) is 8.60. The number of rotatable bonds is 2. The Bertz CT molecular complexity index is 719. The van der Waals surface area contributed by atoms with Crippen LogP contribution in [0.15, 0.2) is 47.9 Å². The lowest BCUT2D eigenvalue weighted by Crippen LogP contribution is -2.41. The molecule has 7 heteroatoms. The molecule has 0 saturated carbocycles. The largest absolute Gasteiger partial charge is 0.312 e. The topological polar surface area (TPSA) is 66.7 Å². The molecule has 1 atom stereocenters. The van der Waals surface area contributed by atoms with E-state index in [9.17, 15) is 8.42 Å². The number of hydrogen-bond acceptors (Lipinski definition) is 4. The quantitative estimate of drug-likeness (QED) is 0.869. The number of nitrogens with one attached hydrogen (secondary N) is 1. The van der Waals surface area contributed by atoms with Crippen molar-refractivity contribution < 1.29 is 8.42 Å². The van der Waals surface area contributed by atoms with Gasteiger partial charge in [-0.1, -0.05) is 6.07 Å². The van der Waals surface area contributed by atoms with E-state index in [1.165, 1.54) is 10.6 Å². The zero-order valence-corrected chi connectivity index (χ0v) is 10.5. The molecule has 0 fully saturated rings. The van der Waals surface area contributed by atoms with Crippen LogP contribution in [-0.2, 0) is 10.0 Å². The van der Waals surface area contributed by atoms with Gasteiger partial charge in [-0.15, -0.1) is 4.41 Å². The highest BCUT2D eigenvalue weighted by Gasteiger charge is 2.32. The molecule has 18 heavy (non-hydrogen) atoms. The summed E-state index contributed by atoms with van der Waals surface area (Å²) in [5, 5.41) is 0.154. The van der Waals surface area contributed by atoms with Crippen LogP contribution in [0, 0.1) is 0 Å². The van der Waals surface area contributed by atoms with Crippen LogP contribution < -0.4 is 5.43 Å². The molecule has 1 unspecified atom stereocenters. The molecule has 0 aliphatic carbocycles. The summed E-state index contributed by atoms with van der Waals surface area (Å²) in [6.45, 7) is 1.80. The Morgan fingerprint density at radius 2 is 2.22 bits per heavy atom. The fraction of sp³-hybridized carbons (Fsp3) is 0.182. The van der Waals surface area contributed by atoms with Crippen LogP contribution >= 0.6 is 0 Å². The third kappa shape index (κ3) is 1.52. The minimum Gasteiger partial charge on any atom is -0.312 e. The highest BCUT2D eigenvalue weighted by Crippen LogP contribution is 2.20. The fourth-order valence-electron chi connectivity index (χ4n) is 1.94. The van der Waals surface area contributed by atoms with E-state index < -0.39 is 10.0 Å². The summed E-state index contributed by atoms with van der Waals surface area (Å²) in [5.74, 6) is 0. The highest BCUT2D eigenvalue weighted by molar-refractivity contribution is 7.89.